The first-order chi connectivity index (χ1) is 16.7. The Morgan fingerprint density at radius 2 is 1.83 bits per heavy atom. The van der Waals surface area contributed by atoms with Gasteiger partial charge >= 0.3 is 6.18 Å². The summed E-state index contributed by atoms with van der Waals surface area (Å²) in [6.07, 6.45) is -3.21. The molecular weight excluding hydrogens is 459 g/mol. The Morgan fingerprint density at radius 1 is 1.09 bits per heavy atom. The van der Waals surface area contributed by atoms with Gasteiger partial charge in [-0.2, -0.15) is 13.2 Å². The van der Waals surface area contributed by atoms with Gasteiger partial charge < -0.3 is 19.1 Å². The van der Waals surface area contributed by atoms with E-state index in [0.717, 1.165) is 5.56 Å². The van der Waals surface area contributed by atoms with Crippen molar-refractivity contribution < 1.29 is 27.8 Å². The quantitative estimate of drug-likeness (QED) is 0.341. The van der Waals surface area contributed by atoms with Crippen LogP contribution in [0.3, 0.4) is 0 Å². The summed E-state index contributed by atoms with van der Waals surface area (Å²) in [6, 6.07) is 13.8. The van der Waals surface area contributed by atoms with Gasteiger partial charge in [-0.15, -0.1) is 0 Å². The molecule has 0 saturated heterocycles. The molecule has 2 heterocycles. The number of imidazole rings is 1. The van der Waals surface area contributed by atoms with Crippen molar-refractivity contribution in [3.8, 4) is 23.0 Å². The molecule has 0 unspecified atom stereocenters. The number of rotatable bonds is 8. The van der Waals surface area contributed by atoms with Crippen LogP contribution >= 0.6 is 0 Å². The number of aliphatic hydroxyl groups is 1. The van der Waals surface area contributed by atoms with Gasteiger partial charge in [0.2, 0.25) is 5.88 Å². The lowest BCUT2D eigenvalue weighted by Gasteiger charge is -2.17. The van der Waals surface area contributed by atoms with Gasteiger partial charge in [0.1, 0.15) is 29.2 Å². The maximum atomic E-state index is 14.4. The fourth-order valence-corrected chi connectivity index (χ4v) is 4.05. The van der Waals surface area contributed by atoms with E-state index in [-0.39, 0.29) is 48.0 Å². The van der Waals surface area contributed by atoms with Crippen LogP contribution in [0.2, 0.25) is 0 Å². The van der Waals surface area contributed by atoms with Crippen LogP contribution in [-0.4, -0.2) is 33.4 Å². The van der Waals surface area contributed by atoms with E-state index in [0.29, 0.717) is 17.3 Å². The highest BCUT2D eigenvalue weighted by Crippen LogP contribution is 2.43. The van der Waals surface area contributed by atoms with E-state index in [2.05, 4.69) is 23.8 Å². The second kappa shape index (κ2) is 9.95. The molecule has 6 nitrogen and oxygen atoms in total. The number of aromatic nitrogens is 3. The second-order valence-electron chi connectivity index (χ2n) is 8.35. The van der Waals surface area contributed by atoms with E-state index in [4.69, 9.17) is 9.47 Å². The van der Waals surface area contributed by atoms with E-state index < -0.39 is 11.7 Å². The number of pyridine rings is 1. The van der Waals surface area contributed by atoms with Crippen molar-refractivity contribution in [2.45, 2.75) is 39.1 Å². The molecule has 35 heavy (non-hydrogen) atoms. The summed E-state index contributed by atoms with van der Waals surface area (Å²) in [5.41, 5.74) is 0.622. The molecule has 0 aliphatic heterocycles. The van der Waals surface area contributed by atoms with Crippen LogP contribution in [0.15, 0.2) is 54.7 Å². The van der Waals surface area contributed by atoms with Gasteiger partial charge in [0.25, 0.3) is 0 Å². The lowest BCUT2D eigenvalue weighted by Crippen LogP contribution is -2.13. The summed E-state index contributed by atoms with van der Waals surface area (Å²) in [5, 5.41) is 9.70. The molecule has 4 rings (SSSR count). The number of fused-ring (bicyclic) bond motifs is 1. The summed E-state index contributed by atoms with van der Waals surface area (Å²) >= 11 is 0. The number of ether oxygens (including phenoxy) is 2. The lowest BCUT2D eigenvalue weighted by atomic mass is 10.0. The van der Waals surface area contributed by atoms with Crippen LogP contribution in [0.25, 0.3) is 22.4 Å². The van der Waals surface area contributed by atoms with Gasteiger partial charge in [-0.1, -0.05) is 44.2 Å². The van der Waals surface area contributed by atoms with Gasteiger partial charge in [-0.25, -0.2) is 9.97 Å². The molecule has 184 valence electrons. The molecular formula is C26H26F3N3O3. The van der Waals surface area contributed by atoms with Crippen molar-refractivity contribution in [3.05, 3.63) is 71.4 Å². The summed E-state index contributed by atoms with van der Waals surface area (Å²) in [7, 11) is 1.39. The topological polar surface area (TPSA) is 69.4 Å². The zero-order valence-electron chi connectivity index (χ0n) is 19.6. The minimum Gasteiger partial charge on any atom is -0.494 e. The molecule has 0 fully saturated rings. The number of benzene rings is 2. The number of aliphatic hydroxyl groups excluding tert-OH is 1. The van der Waals surface area contributed by atoms with Crippen molar-refractivity contribution in [1.29, 1.82) is 0 Å². The first-order valence-corrected chi connectivity index (χ1v) is 11.2. The fourth-order valence-electron chi connectivity index (χ4n) is 4.05. The molecule has 0 radical (unpaired) electrons. The third kappa shape index (κ3) is 4.95. The monoisotopic (exact) mass is 485 g/mol. The predicted octanol–water partition coefficient (Wildman–Crippen LogP) is 5.82. The first kappa shape index (κ1) is 24.5. The highest BCUT2D eigenvalue weighted by molar-refractivity contribution is 5.90. The first-order valence-electron chi connectivity index (χ1n) is 11.2. The summed E-state index contributed by atoms with van der Waals surface area (Å²) in [5.74, 6) is 1.03. The largest absolute Gasteiger partial charge is 0.494 e. The van der Waals surface area contributed by atoms with Gasteiger partial charge in [-0.05, 0) is 23.6 Å². The number of hydrogen-bond acceptors (Lipinski definition) is 5. The Kier molecular flexibility index (Phi) is 6.98. The minimum atomic E-state index is -4.70. The van der Waals surface area contributed by atoms with Gasteiger partial charge in [0.15, 0.2) is 0 Å². The van der Waals surface area contributed by atoms with Crippen molar-refractivity contribution in [1.82, 2.24) is 14.5 Å². The minimum absolute atomic E-state index is 0.0508. The Balaban J connectivity index is 1.93. The van der Waals surface area contributed by atoms with Gasteiger partial charge in [0, 0.05) is 29.9 Å². The zero-order chi connectivity index (χ0) is 25.2. The number of halogens is 3. The van der Waals surface area contributed by atoms with Crippen LogP contribution in [0.1, 0.15) is 36.5 Å². The van der Waals surface area contributed by atoms with Crippen molar-refractivity contribution in [2.75, 3.05) is 13.7 Å². The maximum absolute atomic E-state index is 14.4. The molecule has 2 aromatic heterocycles. The number of methoxy groups -OCH3 is 1. The third-order valence-electron chi connectivity index (χ3n) is 5.74. The predicted molar refractivity (Wildman–Crippen MR) is 126 cm³/mol. The Bertz CT molecular complexity index is 1300. The van der Waals surface area contributed by atoms with E-state index in [1.165, 1.54) is 19.4 Å². The molecule has 0 aliphatic carbocycles. The third-order valence-corrected chi connectivity index (χ3v) is 5.74. The van der Waals surface area contributed by atoms with E-state index in [1.54, 1.807) is 22.8 Å². The van der Waals surface area contributed by atoms with E-state index >= 15 is 0 Å². The highest BCUT2D eigenvalue weighted by atomic mass is 19.4. The van der Waals surface area contributed by atoms with Gasteiger partial charge in [0.05, 0.1) is 19.3 Å². The summed E-state index contributed by atoms with van der Waals surface area (Å²) in [6.45, 7) is 3.52. The smallest absolute Gasteiger partial charge is 0.418 e. The van der Waals surface area contributed by atoms with E-state index in [9.17, 15) is 18.3 Å². The molecule has 9 heteroatoms. The SMILES string of the molecule is COc1cc(COc2ccccn2)c(C(F)(F)F)c2nc(-c3ccc(C(C)C)cc3)n(CCO)c12. The van der Waals surface area contributed by atoms with Crippen LogP contribution < -0.4 is 9.47 Å². The second-order valence-corrected chi connectivity index (χ2v) is 8.35. The molecule has 2 aromatic carbocycles. The fraction of sp³-hybridized carbons (Fsp3) is 0.308. The number of hydrogen-bond donors (Lipinski definition) is 1. The van der Waals surface area contributed by atoms with Crippen LogP contribution in [-0.2, 0) is 19.3 Å². The van der Waals surface area contributed by atoms with Crippen molar-refractivity contribution in [2.24, 2.45) is 0 Å². The molecule has 0 bridgehead atoms. The normalized spacial score (nSPS) is 11.9. The van der Waals surface area contributed by atoms with Crippen molar-refractivity contribution >= 4 is 11.0 Å². The lowest BCUT2D eigenvalue weighted by molar-refractivity contribution is -0.137. The number of alkyl halides is 3. The van der Waals surface area contributed by atoms with E-state index in [1.807, 2.05) is 24.3 Å². The Hall–Kier alpha value is -3.59. The van der Waals surface area contributed by atoms with Crippen LogP contribution in [0.4, 0.5) is 13.2 Å². The average Bonchev–Trinajstić information content (AvgIpc) is 3.21. The summed E-state index contributed by atoms with van der Waals surface area (Å²) in [4.78, 5) is 8.46. The maximum Gasteiger partial charge on any atom is 0.418 e. The summed E-state index contributed by atoms with van der Waals surface area (Å²) < 4.78 is 55.8. The molecule has 0 saturated carbocycles. The molecule has 1 N–H and O–H groups in total. The van der Waals surface area contributed by atoms with Crippen molar-refractivity contribution in [3.63, 3.8) is 0 Å². The average molecular weight is 486 g/mol. The number of nitrogens with zero attached hydrogens (tertiary/aromatic N) is 3. The van der Waals surface area contributed by atoms with Gasteiger partial charge in [-0.3, -0.25) is 0 Å². The highest BCUT2D eigenvalue weighted by Gasteiger charge is 2.39. The Morgan fingerprint density at radius 3 is 2.40 bits per heavy atom. The molecule has 0 amide bonds. The molecule has 0 atom stereocenters. The zero-order valence-corrected chi connectivity index (χ0v) is 19.6. The Labute approximate surface area is 201 Å². The van der Waals surface area contributed by atoms with Crippen LogP contribution in [0, 0.1) is 0 Å². The standard InChI is InChI=1S/C26H26F3N3O3/c1-16(2)17-7-9-18(10-8-17)25-31-23-22(26(27,28)29)19(15-35-21-6-4-5-11-30-21)14-20(34-3)24(23)32(25)12-13-33/h4-11,14,16,33H,12-13,15H2,1-3H3. The molecule has 0 aliphatic rings. The molecule has 4 aromatic rings. The van der Waals surface area contributed by atoms with Crippen LogP contribution in [0.5, 0.6) is 11.6 Å². The molecule has 0 spiro atoms.